The number of hydrogen-bond acceptors (Lipinski definition) is 5. The second-order valence-corrected chi connectivity index (χ2v) is 5.48. The minimum atomic E-state index is -0.0406. The standard InChI is InChI=1S/C15H24N4O2/c1-4-5-16-12-10-17-14(11(2)3)18-13(12)15(20)19-6-8-21-9-7-19/h10-11,16H,4-9H2,1-3H3. The average Bonchev–Trinajstić information content (AvgIpc) is 2.52. The van der Waals surface area contributed by atoms with E-state index in [1.165, 1.54) is 0 Å². The number of rotatable bonds is 5. The number of carbonyl (C=O) groups is 1. The van der Waals surface area contributed by atoms with Gasteiger partial charge in [-0.3, -0.25) is 4.79 Å². The summed E-state index contributed by atoms with van der Waals surface area (Å²) < 4.78 is 5.30. The van der Waals surface area contributed by atoms with Crippen molar-refractivity contribution in [1.29, 1.82) is 0 Å². The van der Waals surface area contributed by atoms with E-state index in [2.05, 4.69) is 22.2 Å². The Balaban J connectivity index is 2.27. The first kappa shape index (κ1) is 15.7. The lowest BCUT2D eigenvalue weighted by Gasteiger charge is -2.27. The summed E-state index contributed by atoms with van der Waals surface area (Å²) in [5.74, 6) is 0.858. The minimum absolute atomic E-state index is 0.0406. The monoisotopic (exact) mass is 292 g/mol. The lowest BCUT2D eigenvalue weighted by atomic mass is 10.2. The normalized spacial score (nSPS) is 15.3. The van der Waals surface area contributed by atoms with Crippen molar-refractivity contribution >= 4 is 11.6 Å². The van der Waals surface area contributed by atoms with Gasteiger partial charge in [-0.05, 0) is 6.42 Å². The molecule has 6 heteroatoms. The van der Waals surface area contributed by atoms with Crippen LogP contribution in [0.1, 0.15) is 49.4 Å². The first-order valence-corrected chi connectivity index (χ1v) is 7.61. The van der Waals surface area contributed by atoms with Crippen molar-refractivity contribution in [1.82, 2.24) is 14.9 Å². The maximum Gasteiger partial charge on any atom is 0.274 e. The molecule has 1 aromatic heterocycles. The summed E-state index contributed by atoms with van der Waals surface area (Å²) in [4.78, 5) is 23.3. The van der Waals surface area contributed by atoms with Crippen LogP contribution in [0.25, 0.3) is 0 Å². The number of carbonyl (C=O) groups excluding carboxylic acids is 1. The molecule has 0 spiro atoms. The lowest BCUT2D eigenvalue weighted by molar-refractivity contribution is 0.0299. The zero-order chi connectivity index (χ0) is 15.2. The highest BCUT2D eigenvalue weighted by molar-refractivity contribution is 5.97. The summed E-state index contributed by atoms with van der Waals surface area (Å²) in [6.07, 6.45) is 2.71. The number of nitrogens with one attached hydrogen (secondary N) is 1. The van der Waals surface area contributed by atoms with Crippen LogP contribution in [-0.2, 0) is 4.74 Å². The number of anilines is 1. The molecule has 21 heavy (non-hydrogen) atoms. The zero-order valence-electron chi connectivity index (χ0n) is 13.1. The number of morpholine rings is 1. The molecule has 1 aliphatic rings. The van der Waals surface area contributed by atoms with Gasteiger partial charge in [-0.25, -0.2) is 9.97 Å². The van der Waals surface area contributed by atoms with Crippen molar-refractivity contribution in [3.05, 3.63) is 17.7 Å². The van der Waals surface area contributed by atoms with Crippen LogP contribution >= 0.6 is 0 Å². The highest BCUT2D eigenvalue weighted by atomic mass is 16.5. The summed E-state index contributed by atoms with van der Waals surface area (Å²) in [6, 6.07) is 0. The number of aromatic nitrogens is 2. The second-order valence-electron chi connectivity index (χ2n) is 5.48. The van der Waals surface area contributed by atoms with Crippen LogP contribution in [0.5, 0.6) is 0 Å². The van der Waals surface area contributed by atoms with Gasteiger partial charge in [-0.1, -0.05) is 20.8 Å². The molecule has 0 bridgehead atoms. The SMILES string of the molecule is CCCNc1cnc(C(C)C)nc1C(=O)N1CCOCC1. The minimum Gasteiger partial charge on any atom is -0.382 e. The molecule has 1 aliphatic heterocycles. The third-order valence-electron chi connectivity index (χ3n) is 3.39. The van der Waals surface area contributed by atoms with Crippen LogP contribution in [0, 0.1) is 0 Å². The largest absolute Gasteiger partial charge is 0.382 e. The fourth-order valence-corrected chi connectivity index (χ4v) is 2.14. The molecule has 116 valence electrons. The van der Waals surface area contributed by atoms with E-state index in [0.717, 1.165) is 18.7 Å². The number of amides is 1. The Morgan fingerprint density at radius 3 is 2.76 bits per heavy atom. The Morgan fingerprint density at radius 1 is 1.43 bits per heavy atom. The van der Waals surface area contributed by atoms with E-state index in [1.807, 2.05) is 13.8 Å². The Labute approximate surface area is 125 Å². The lowest BCUT2D eigenvalue weighted by Crippen LogP contribution is -2.41. The van der Waals surface area contributed by atoms with Crippen LogP contribution in [0.15, 0.2) is 6.20 Å². The van der Waals surface area contributed by atoms with Crippen molar-refractivity contribution in [2.75, 3.05) is 38.2 Å². The van der Waals surface area contributed by atoms with Crippen LogP contribution in [-0.4, -0.2) is 53.6 Å². The van der Waals surface area contributed by atoms with Crippen LogP contribution < -0.4 is 5.32 Å². The highest BCUT2D eigenvalue weighted by Gasteiger charge is 2.23. The van der Waals surface area contributed by atoms with Gasteiger partial charge >= 0.3 is 0 Å². The van der Waals surface area contributed by atoms with Gasteiger partial charge in [0.15, 0.2) is 5.69 Å². The van der Waals surface area contributed by atoms with E-state index < -0.39 is 0 Å². The molecular formula is C15H24N4O2. The number of ether oxygens (including phenoxy) is 1. The van der Waals surface area contributed by atoms with Crippen molar-refractivity contribution in [2.24, 2.45) is 0 Å². The van der Waals surface area contributed by atoms with Crippen molar-refractivity contribution in [2.45, 2.75) is 33.1 Å². The molecule has 0 atom stereocenters. The molecule has 1 saturated heterocycles. The fraction of sp³-hybridized carbons (Fsp3) is 0.667. The average molecular weight is 292 g/mol. The molecule has 0 radical (unpaired) electrons. The Kier molecular flexibility index (Phi) is 5.50. The maximum absolute atomic E-state index is 12.7. The Hall–Kier alpha value is -1.69. The second kappa shape index (κ2) is 7.36. The Morgan fingerprint density at radius 2 is 2.14 bits per heavy atom. The van der Waals surface area contributed by atoms with Gasteiger partial charge in [0.25, 0.3) is 5.91 Å². The molecular weight excluding hydrogens is 268 g/mol. The summed E-state index contributed by atoms with van der Waals surface area (Å²) in [7, 11) is 0. The maximum atomic E-state index is 12.7. The third kappa shape index (κ3) is 3.91. The Bertz CT molecular complexity index is 485. The predicted molar refractivity (Wildman–Crippen MR) is 81.6 cm³/mol. The van der Waals surface area contributed by atoms with E-state index in [4.69, 9.17) is 4.74 Å². The molecule has 2 heterocycles. The summed E-state index contributed by atoms with van der Waals surface area (Å²) in [6.45, 7) is 9.35. The predicted octanol–water partition coefficient (Wildman–Crippen LogP) is 1.89. The molecule has 1 aromatic rings. The molecule has 0 unspecified atom stereocenters. The topological polar surface area (TPSA) is 67.4 Å². The molecule has 2 rings (SSSR count). The van der Waals surface area contributed by atoms with E-state index in [9.17, 15) is 4.79 Å². The van der Waals surface area contributed by atoms with E-state index >= 15 is 0 Å². The van der Waals surface area contributed by atoms with Gasteiger partial charge in [0.2, 0.25) is 0 Å². The van der Waals surface area contributed by atoms with E-state index in [1.54, 1.807) is 11.1 Å². The number of hydrogen-bond donors (Lipinski definition) is 1. The summed E-state index contributed by atoms with van der Waals surface area (Å²) >= 11 is 0. The number of nitrogens with zero attached hydrogens (tertiary/aromatic N) is 3. The van der Waals surface area contributed by atoms with Gasteiger partial charge in [0.1, 0.15) is 5.82 Å². The van der Waals surface area contributed by atoms with Gasteiger partial charge in [-0.2, -0.15) is 0 Å². The molecule has 1 fully saturated rings. The molecule has 1 N–H and O–H groups in total. The summed E-state index contributed by atoms with van der Waals surface area (Å²) in [5, 5.41) is 3.25. The molecule has 0 aliphatic carbocycles. The van der Waals surface area contributed by atoms with Crippen molar-refractivity contribution in [3.63, 3.8) is 0 Å². The van der Waals surface area contributed by atoms with Crippen LogP contribution in [0.3, 0.4) is 0 Å². The quantitative estimate of drug-likeness (QED) is 0.897. The van der Waals surface area contributed by atoms with E-state index in [0.29, 0.717) is 37.8 Å². The molecule has 1 amide bonds. The smallest absolute Gasteiger partial charge is 0.274 e. The van der Waals surface area contributed by atoms with Gasteiger partial charge in [0, 0.05) is 25.6 Å². The third-order valence-corrected chi connectivity index (χ3v) is 3.39. The van der Waals surface area contributed by atoms with Gasteiger partial charge in [-0.15, -0.1) is 0 Å². The van der Waals surface area contributed by atoms with Crippen LogP contribution in [0.4, 0.5) is 5.69 Å². The fourth-order valence-electron chi connectivity index (χ4n) is 2.14. The zero-order valence-corrected chi connectivity index (χ0v) is 13.1. The summed E-state index contributed by atoms with van der Waals surface area (Å²) in [5.41, 5.74) is 1.20. The van der Waals surface area contributed by atoms with Crippen molar-refractivity contribution < 1.29 is 9.53 Å². The first-order chi connectivity index (χ1) is 10.1. The molecule has 6 nitrogen and oxygen atoms in total. The van der Waals surface area contributed by atoms with Crippen molar-refractivity contribution in [3.8, 4) is 0 Å². The van der Waals surface area contributed by atoms with Crippen LogP contribution in [0.2, 0.25) is 0 Å². The van der Waals surface area contributed by atoms with E-state index in [-0.39, 0.29) is 11.8 Å². The molecule has 0 aromatic carbocycles. The first-order valence-electron chi connectivity index (χ1n) is 7.61. The highest BCUT2D eigenvalue weighted by Crippen LogP contribution is 2.18. The van der Waals surface area contributed by atoms with Gasteiger partial charge in [0.05, 0.1) is 25.1 Å². The van der Waals surface area contributed by atoms with Gasteiger partial charge < -0.3 is 15.0 Å². The molecule has 0 saturated carbocycles.